The van der Waals surface area contributed by atoms with E-state index in [9.17, 15) is 0 Å². The van der Waals surface area contributed by atoms with Gasteiger partial charge in [-0.05, 0) is 0 Å². The van der Waals surface area contributed by atoms with Gasteiger partial charge in [-0.1, -0.05) is 36.4 Å². The normalized spacial score (nSPS) is 8.75. The molecule has 1 rings (SSSR count). The van der Waals surface area contributed by atoms with Crippen molar-refractivity contribution in [1.29, 1.82) is 0 Å². The van der Waals surface area contributed by atoms with Crippen LogP contribution in [-0.2, 0) is 24.5 Å². The maximum absolute atomic E-state index is 8.58. The summed E-state index contributed by atoms with van der Waals surface area (Å²) in [6.07, 6.45) is 0. The summed E-state index contributed by atoms with van der Waals surface area (Å²) in [6.45, 7) is 0. The molecule has 1 aromatic rings. The summed E-state index contributed by atoms with van der Waals surface area (Å²) in [7, 11) is 0. The molecule has 12 heavy (non-hydrogen) atoms. The Morgan fingerprint density at radius 1 is 0.750 bits per heavy atom. The molecule has 0 aliphatic rings. The fraction of sp³-hybridized carbons (Fsp3) is 0. The maximum atomic E-state index is 8.58. The first-order chi connectivity index (χ1) is 5.00. The van der Waals surface area contributed by atoms with Crippen LogP contribution in [0.25, 0.3) is 0 Å². The van der Waals surface area contributed by atoms with Gasteiger partial charge in [0.25, 0.3) is 0 Å². The average molecular weight is 236 g/mol. The Morgan fingerprint density at radius 3 is 0.917 bits per heavy atom. The van der Waals surface area contributed by atoms with Gasteiger partial charge in [-0.3, -0.25) is 0 Å². The molecular formula is C6H6KMnO4. The molecule has 0 atom stereocenters. The predicted octanol–water partition coefficient (Wildman–Crippen LogP) is -2.86. The van der Waals surface area contributed by atoms with Crippen LogP contribution < -0.4 is 55.6 Å². The second-order valence-electron chi connectivity index (χ2n) is 1.53. The molecule has 0 saturated heterocycles. The molecule has 0 radical (unpaired) electrons. The van der Waals surface area contributed by atoms with Crippen LogP contribution >= 0.6 is 0 Å². The molecule has 0 unspecified atom stereocenters. The average Bonchev–Trinajstić information content (AvgIpc) is 1.88. The summed E-state index contributed by atoms with van der Waals surface area (Å²) in [4.78, 5) is 0. The quantitative estimate of drug-likeness (QED) is 0.454. The molecule has 0 spiro atoms. The molecule has 0 bridgehead atoms. The zero-order valence-electron chi connectivity index (χ0n) is 6.48. The van der Waals surface area contributed by atoms with Crippen LogP contribution in [0.5, 0.6) is 0 Å². The molecule has 6 heteroatoms. The summed E-state index contributed by atoms with van der Waals surface area (Å²) in [5, 5.41) is 0. The van der Waals surface area contributed by atoms with E-state index in [1.54, 1.807) is 0 Å². The van der Waals surface area contributed by atoms with Crippen LogP contribution in [0.3, 0.4) is 0 Å². The van der Waals surface area contributed by atoms with Gasteiger partial charge in [-0.2, -0.15) is 0 Å². The van der Waals surface area contributed by atoms with Crippen molar-refractivity contribution < 1.29 is 80.0 Å². The smallest absolute Gasteiger partial charge is 0.0623 e. The fourth-order valence-electron chi connectivity index (χ4n) is 0.385. The van der Waals surface area contributed by atoms with E-state index in [-0.39, 0.29) is 51.4 Å². The van der Waals surface area contributed by atoms with E-state index >= 15 is 0 Å². The van der Waals surface area contributed by atoms with Crippen LogP contribution in [0.1, 0.15) is 0 Å². The van der Waals surface area contributed by atoms with Gasteiger partial charge in [0.1, 0.15) is 0 Å². The Kier molecular flexibility index (Phi) is 10.6. The Balaban J connectivity index is 0. The van der Waals surface area contributed by atoms with Crippen LogP contribution in [0.2, 0.25) is 0 Å². The molecule has 0 heterocycles. The standard InChI is InChI=1S/C6H6.K.Mn.4O/c1-2-4-6-5-3-1;;;;;;/h1-6H;;;;;;/q;+1;;;;;-1. The Hall–Kier alpha value is 0.736. The van der Waals surface area contributed by atoms with Crippen molar-refractivity contribution in [2.24, 2.45) is 0 Å². The zero-order valence-corrected chi connectivity index (χ0v) is 10.8. The molecule has 0 aliphatic heterocycles. The fourth-order valence-corrected chi connectivity index (χ4v) is 0.385. The SMILES string of the molecule is [K+].[O]=[Mn](=[O])(=[O])[O-].c1ccccc1. The van der Waals surface area contributed by atoms with E-state index in [1.165, 1.54) is 0 Å². The predicted molar refractivity (Wildman–Crippen MR) is 28.5 cm³/mol. The van der Waals surface area contributed by atoms with Crippen molar-refractivity contribution in [3.8, 4) is 0 Å². The molecule has 0 aliphatic carbocycles. The minimum atomic E-state index is -5.62. The molecule has 0 amide bonds. The van der Waals surface area contributed by atoms with Gasteiger partial charge in [-0.15, -0.1) is 0 Å². The summed E-state index contributed by atoms with van der Waals surface area (Å²) < 4.78 is 34.3. The third kappa shape index (κ3) is 22.4. The van der Waals surface area contributed by atoms with Gasteiger partial charge < -0.3 is 0 Å². The second-order valence-corrected chi connectivity index (χ2v) is 2.71. The van der Waals surface area contributed by atoms with Crippen molar-refractivity contribution >= 4 is 0 Å². The van der Waals surface area contributed by atoms with Crippen LogP contribution in [0, 0.1) is 0 Å². The minimum Gasteiger partial charge on any atom is -0.0623 e. The molecule has 0 N–H and O–H groups in total. The van der Waals surface area contributed by atoms with Gasteiger partial charge in [0, 0.05) is 0 Å². The molecule has 1 aromatic carbocycles. The van der Waals surface area contributed by atoms with Crippen molar-refractivity contribution in [2.45, 2.75) is 0 Å². The summed E-state index contributed by atoms with van der Waals surface area (Å²) in [6, 6.07) is 12.0. The van der Waals surface area contributed by atoms with E-state index in [0.717, 1.165) is 0 Å². The molecule has 0 saturated carbocycles. The van der Waals surface area contributed by atoms with Gasteiger partial charge in [-0.25, -0.2) is 0 Å². The topological polar surface area (TPSA) is 74.3 Å². The Labute approximate surface area is 115 Å². The van der Waals surface area contributed by atoms with Crippen molar-refractivity contribution in [3.63, 3.8) is 0 Å². The molecular weight excluding hydrogens is 230 g/mol. The molecule has 4 nitrogen and oxygen atoms in total. The van der Waals surface area contributed by atoms with Crippen molar-refractivity contribution in [3.05, 3.63) is 36.4 Å². The number of hydrogen-bond acceptors (Lipinski definition) is 4. The van der Waals surface area contributed by atoms with Crippen LogP contribution in [-0.4, -0.2) is 0 Å². The van der Waals surface area contributed by atoms with E-state index in [1.807, 2.05) is 36.4 Å². The van der Waals surface area contributed by atoms with Gasteiger partial charge >= 0.3 is 80.0 Å². The van der Waals surface area contributed by atoms with Gasteiger partial charge in [0.15, 0.2) is 0 Å². The van der Waals surface area contributed by atoms with Crippen molar-refractivity contribution in [2.75, 3.05) is 0 Å². The molecule has 0 aromatic heterocycles. The van der Waals surface area contributed by atoms with E-state index in [2.05, 4.69) is 0 Å². The van der Waals surface area contributed by atoms with E-state index in [0.29, 0.717) is 0 Å². The Morgan fingerprint density at radius 2 is 0.833 bits per heavy atom. The summed E-state index contributed by atoms with van der Waals surface area (Å²) in [5.74, 6) is 0. The largest absolute Gasteiger partial charge is 0.0623 e. The first-order valence-electron chi connectivity index (χ1n) is 2.62. The summed E-state index contributed by atoms with van der Waals surface area (Å²) >= 11 is -5.62. The van der Waals surface area contributed by atoms with Gasteiger partial charge in [0.05, 0.1) is 0 Å². The summed E-state index contributed by atoms with van der Waals surface area (Å²) in [5.41, 5.74) is 0. The van der Waals surface area contributed by atoms with E-state index < -0.39 is 13.0 Å². The third-order valence-electron chi connectivity index (χ3n) is 0.667. The number of hydrogen-bond donors (Lipinski definition) is 0. The van der Waals surface area contributed by atoms with Crippen molar-refractivity contribution in [1.82, 2.24) is 0 Å². The second kappa shape index (κ2) is 8.34. The monoisotopic (exact) mass is 236 g/mol. The number of rotatable bonds is 0. The first-order valence-corrected chi connectivity index (χ1v) is 4.54. The third-order valence-corrected chi connectivity index (χ3v) is 0.667. The molecule has 0 fully saturated rings. The van der Waals surface area contributed by atoms with Crippen LogP contribution in [0.15, 0.2) is 36.4 Å². The van der Waals surface area contributed by atoms with E-state index in [4.69, 9.17) is 15.7 Å². The van der Waals surface area contributed by atoms with Gasteiger partial charge in [0.2, 0.25) is 0 Å². The Bertz CT molecular complexity index is 285. The first kappa shape index (κ1) is 15.2. The maximum Gasteiger partial charge on any atom is -0.0623 e. The zero-order chi connectivity index (χ0) is 8.74. The molecule has 62 valence electrons. The van der Waals surface area contributed by atoms with Crippen LogP contribution in [0.4, 0.5) is 0 Å². The minimum absolute atomic E-state index is 0. The number of benzene rings is 1.